The molecule has 2 aromatic heterocycles. The minimum absolute atomic E-state index is 0.0184. The molecule has 1 aliphatic heterocycles. The van der Waals surface area contributed by atoms with Crippen LogP contribution < -0.4 is 10.5 Å². The lowest BCUT2D eigenvalue weighted by Gasteiger charge is -2.37. The van der Waals surface area contributed by atoms with Crippen molar-refractivity contribution in [2.75, 3.05) is 24.7 Å². The molecule has 0 fully saturated rings. The van der Waals surface area contributed by atoms with E-state index in [0.29, 0.717) is 36.9 Å². The molecule has 2 aromatic carbocycles. The van der Waals surface area contributed by atoms with Crippen LogP contribution in [0.1, 0.15) is 0 Å². The highest BCUT2D eigenvalue weighted by molar-refractivity contribution is 5.92. The largest absolute Gasteiger partial charge is 0.395 e. The van der Waals surface area contributed by atoms with Crippen LogP contribution in [0.3, 0.4) is 0 Å². The first-order valence-electron chi connectivity index (χ1n) is 9.87. The molecule has 7 nitrogen and oxygen atoms in total. The summed E-state index contributed by atoms with van der Waals surface area (Å²) in [6.07, 6.45) is 1.70. The molecule has 0 radical (unpaired) electrons. The van der Waals surface area contributed by atoms with Crippen molar-refractivity contribution in [1.29, 1.82) is 0 Å². The summed E-state index contributed by atoms with van der Waals surface area (Å²) in [6, 6.07) is 21.5. The molecule has 0 bridgehead atoms. The maximum Gasteiger partial charge on any atom is 0.266 e. The van der Waals surface area contributed by atoms with Crippen LogP contribution in [-0.2, 0) is 6.67 Å². The van der Waals surface area contributed by atoms with E-state index in [1.807, 2.05) is 76.5 Å². The third-order valence-corrected chi connectivity index (χ3v) is 5.33. The van der Waals surface area contributed by atoms with Crippen LogP contribution >= 0.6 is 0 Å². The van der Waals surface area contributed by atoms with Crippen molar-refractivity contribution in [2.24, 2.45) is 0 Å². The van der Waals surface area contributed by atoms with Gasteiger partial charge in [-0.05, 0) is 29.3 Å². The summed E-state index contributed by atoms with van der Waals surface area (Å²) in [5.74, 6) is 0.561. The number of anilines is 2. The number of benzene rings is 2. The highest BCUT2D eigenvalue weighted by atomic mass is 16.3. The van der Waals surface area contributed by atoms with Gasteiger partial charge in [-0.3, -0.25) is 19.2 Å². The summed E-state index contributed by atoms with van der Waals surface area (Å²) in [7, 11) is 0. The molecular weight excluding hydrogens is 378 g/mol. The molecule has 1 aliphatic rings. The number of pyridine rings is 1. The predicted molar refractivity (Wildman–Crippen MR) is 116 cm³/mol. The van der Waals surface area contributed by atoms with Crippen LogP contribution in [0.4, 0.5) is 11.6 Å². The van der Waals surface area contributed by atoms with Crippen LogP contribution in [0.25, 0.3) is 22.2 Å². The van der Waals surface area contributed by atoms with Gasteiger partial charge in [0.15, 0.2) is 5.65 Å². The van der Waals surface area contributed by atoms with Crippen molar-refractivity contribution in [3.63, 3.8) is 0 Å². The van der Waals surface area contributed by atoms with Gasteiger partial charge in [0.1, 0.15) is 0 Å². The average molecular weight is 399 g/mol. The minimum Gasteiger partial charge on any atom is -0.395 e. The Morgan fingerprint density at radius 3 is 2.40 bits per heavy atom. The average Bonchev–Trinajstić information content (AvgIpc) is 2.80. The Hall–Kier alpha value is -3.55. The van der Waals surface area contributed by atoms with E-state index in [9.17, 15) is 9.90 Å². The molecule has 30 heavy (non-hydrogen) atoms. The van der Waals surface area contributed by atoms with Gasteiger partial charge in [-0.25, -0.2) is 4.98 Å². The molecule has 0 saturated heterocycles. The summed E-state index contributed by atoms with van der Waals surface area (Å²) >= 11 is 0. The third-order valence-electron chi connectivity index (χ3n) is 5.33. The SMILES string of the molecule is O=c1c2c(-c3ccccc3)ccnc2nc2n1CN(CCO)CN2c1ccccc1. The second-order valence-corrected chi connectivity index (χ2v) is 7.23. The van der Waals surface area contributed by atoms with Crippen molar-refractivity contribution < 1.29 is 5.11 Å². The third kappa shape index (κ3) is 3.14. The minimum atomic E-state index is -0.134. The molecule has 0 atom stereocenters. The van der Waals surface area contributed by atoms with Crippen LogP contribution in [0.15, 0.2) is 77.7 Å². The maximum absolute atomic E-state index is 13.7. The smallest absolute Gasteiger partial charge is 0.266 e. The molecule has 0 spiro atoms. The number of aliphatic hydroxyl groups is 1. The number of rotatable bonds is 4. The number of para-hydroxylation sites is 1. The summed E-state index contributed by atoms with van der Waals surface area (Å²) in [5.41, 5.74) is 3.00. The van der Waals surface area contributed by atoms with E-state index in [1.54, 1.807) is 10.8 Å². The van der Waals surface area contributed by atoms with Crippen molar-refractivity contribution in [3.8, 4) is 11.1 Å². The molecule has 5 rings (SSSR count). The van der Waals surface area contributed by atoms with Gasteiger partial charge < -0.3 is 5.11 Å². The fourth-order valence-corrected chi connectivity index (χ4v) is 3.91. The lowest BCUT2D eigenvalue weighted by atomic mass is 10.0. The summed E-state index contributed by atoms with van der Waals surface area (Å²) in [4.78, 5) is 26.9. The number of aliphatic hydroxyl groups excluding tert-OH is 1. The Labute approximate surface area is 173 Å². The first-order chi connectivity index (χ1) is 14.8. The lowest BCUT2D eigenvalue weighted by Crippen LogP contribution is -2.48. The maximum atomic E-state index is 13.7. The van der Waals surface area contributed by atoms with Gasteiger partial charge in [0, 0.05) is 18.4 Å². The van der Waals surface area contributed by atoms with Crippen molar-refractivity contribution >= 4 is 22.7 Å². The molecule has 0 amide bonds. The van der Waals surface area contributed by atoms with Gasteiger partial charge in [0.25, 0.3) is 5.56 Å². The van der Waals surface area contributed by atoms with E-state index >= 15 is 0 Å². The molecule has 0 saturated carbocycles. The highest BCUT2D eigenvalue weighted by Crippen LogP contribution is 2.30. The van der Waals surface area contributed by atoms with Crippen LogP contribution in [0.2, 0.25) is 0 Å². The Kier molecular flexibility index (Phi) is 4.74. The zero-order chi connectivity index (χ0) is 20.5. The molecule has 0 unspecified atom stereocenters. The lowest BCUT2D eigenvalue weighted by molar-refractivity contribution is 0.153. The van der Waals surface area contributed by atoms with E-state index in [-0.39, 0.29) is 12.2 Å². The molecule has 150 valence electrons. The van der Waals surface area contributed by atoms with Gasteiger partial charge in [-0.2, -0.15) is 4.98 Å². The first kappa shape index (κ1) is 18.5. The second kappa shape index (κ2) is 7.70. The fourth-order valence-electron chi connectivity index (χ4n) is 3.91. The van der Waals surface area contributed by atoms with Crippen LogP contribution in [-0.4, -0.2) is 44.4 Å². The van der Waals surface area contributed by atoms with Gasteiger partial charge in [-0.15, -0.1) is 0 Å². The van der Waals surface area contributed by atoms with Gasteiger partial charge in [0.05, 0.1) is 25.3 Å². The van der Waals surface area contributed by atoms with E-state index in [1.165, 1.54) is 0 Å². The molecule has 7 heteroatoms. The number of nitrogens with zero attached hydrogens (tertiary/aromatic N) is 5. The van der Waals surface area contributed by atoms with E-state index in [4.69, 9.17) is 4.98 Å². The highest BCUT2D eigenvalue weighted by Gasteiger charge is 2.27. The second-order valence-electron chi connectivity index (χ2n) is 7.23. The molecule has 0 aliphatic carbocycles. The summed E-state index contributed by atoms with van der Waals surface area (Å²) in [5, 5.41) is 9.99. The van der Waals surface area contributed by atoms with Crippen molar-refractivity contribution in [1.82, 2.24) is 19.4 Å². The van der Waals surface area contributed by atoms with Gasteiger partial charge >= 0.3 is 0 Å². The monoisotopic (exact) mass is 399 g/mol. The zero-order valence-corrected chi connectivity index (χ0v) is 16.3. The Balaban J connectivity index is 1.75. The number of β-amino-alcohol motifs (C(OH)–C–C–N with tert-alkyl or cyclic N) is 1. The summed E-state index contributed by atoms with van der Waals surface area (Å²) in [6.45, 7) is 1.38. The molecule has 4 aromatic rings. The number of hydrogen-bond acceptors (Lipinski definition) is 6. The first-order valence-corrected chi connectivity index (χ1v) is 9.87. The fraction of sp³-hybridized carbons (Fsp3) is 0.174. The molecule has 1 N–H and O–H groups in total. The quantitative estimate of drug-likeness (QED) is 0.569. The summed E-state index contributed by atoms with van der Waals surface area (Å²) < 4.78 is 1.67. The molecular formula is C23H21N5O2. The number of hydrogen-bond donors (Lipinski definition) is 1. The van der Waals surface area contributed by atoms with Gasteiger partial charge in [-0.1, -0.05) is 48.5 Å². The number of fused-ring (bicyclic) bond motifs is 2. The van der Waals surface area contributed by atoms with Crippen molar-refractivity contribution in [2.45, 2.75) is 6.67 Å². The zero-order valence-electron chi connectivity index (χ0n) is 16.3. The topological polar surface area (TPSA) is 74.5 Å². The van der Waals surface area contributed by atoms with Gasteiger partial charge in [0.2, 0.25) is 5.95 Å². The van der Waals surface area contributed by atoms with E-state index in [0.717, 1.165) is 16.8 Å². The van der Waals surface area contributed by atoms with E-state index in [2.05, 4.69) is 4.98 Å². The normalized spacial score (nSPS) is 14.1. The Morgan fingerprint density at radius 2 is 1.67 bits per heavy atom. The molecule has 3 heterocycles. The van der Waals surface area contributed by atoms with E-state index < -0.39 is 0 Å². The number of aromatic nitrogens is 3. The van der Waals surface area contributed by atoms with Crippen LogP contribution in [0, 0.1) is 0 Å². The Morgan fingerprint density at radius 1 is 0.933 bits per heavy atom. The van der Waals surface area contributed by atoms with Crippen LogP contribution in [0.5, 0.6) is 0 Å². The predicted octanol–water partition coefficient (Wildman–Crippen LogP) is 2.82. The van der Waals surface area contributed by atoms with Crippen molar-refractivity contribution in [3.05, 3.63) is 83.3 Å². The Bertz CT molecular complexity index is 1240. The standard InChI is InChI=1S/C23H21N5O2/c29-14-13-26-15-27(18-9-5-2-6-10-18)23-25-21-20(22(30)28(23)16-26)19(11-12-24-21)17-7-3-1-4-8-17/h1-12,29H,13-16H2.